The molecule has 0 spiro atoms. The molecule has 0 fully saturated rings. The molecular formula is C21H22N4O2S2. The number of carbonyl (C=O) groups excluding carboxylic acids is 2. The van der Waals surface area contributed by atoms with Crippen molar-refractivity contribution in [3.05, 3.63) is 64.7 Å². The van der Waals surface area contributed by atoms with Gasteiger partial charge in [-0.2, -0.15) is 0 Å². The Morgan fingerprint density at radius 3 is 2.34 bits per heavy atom. The standard InChI is InChI=1S/C21H22N4O2S2/c1-3-13-28-17-12-8-6-10-15(17)20(27)22-16-11-7-5-9-14(16)19(26)23-21-25-24-18(4-2)29-21/h5-12H,3-4,13H2,1-2H3,(H,22,27)(H,23,25,26). The summed E-state index contributed by atoms with van der Waals surface area (Å²) in [7, 11) is 0. The summed E-state index contributed by atoms with van der Waals surface area (Å²) >= 11 is 2.99. The number of carbonyl (C=O) groups is 2. The smallest absolute Gasteiger partial charge is 0.259 e. The van der Waals surface area contributed by atoms with Gasteiger partial charge in [-0.15, -0.1) is 22.0 Å². The number of aromatic nitrogens is 2. The van der Waals surface area contributed by atoms with E-state index < -0.39 is 0 Å². The van der Waals surface area contributed by atoms with E-state index in [-0.39, 0.29) is 11.8 Å². The van der Waals surface area contributed by atoms with Crippen LogP contribution >= 0.6 is 23.1 Å². The Bertz CT molecular complexity index is 1000. The topological polar surface area (TPSA) is 84.0 Å². The van der Waals surface area contributed by atoms with Gasteiger partial charge in [-0.05, 0) is 42.9 Å². The van der Waals surface area contributed by atoms with Crippen LogP contribution in [0.15, 0.2) is 53.4 Å². The molecule has 0 unspecified atom stereocenters. The minimum absolute atomic E-state index is 0.242. The number of benzene rings is 2. The molecule has 2 N–H and O–H groups in total. The minimum Gasteiger partial charge on any atom is -0.321 e. The molecule has 0 saturated heterocycles. The summed E-state index contributed by atoms with van der Waals surface area (Å²) in [6, 6.07) is 14.4. The van der Waals surface area contributed by atoms with Crippen molar-refractivity contribution in [1.29, 1.82) is 0 Å². The predicted molar refractivity (Wildman–Crippen MR) is 119 cm³/mol. The fraction of sp³-hybridized carbons (Fsp3) is 0.238. The lowest BCUT2D eigenvalue weighted by Gasteiger charge is -2.12. The number of aryl methyl sites for hydroxylation is 1. The van der Waals surface area contributed by atoms with E-state index in [0.29, 0.717) is 21.9 Å². The zero-order valence-corrected chi connectivity index (χ0v) is 17.9. The highest BCUT2D eigenvalue weighted by molar-refractivity contribution is 7.99. The van der Waals surface area contributed by atoms with Gasteiger partial charge in [0, 0.05) is 4.90 Å². The van der Waals surface area contributed by atoms with Crippen molar-refractivity contribution in [3.8, 4) is 0 Å². The maximum Gasteiger partial charge on any atom is 0.259 e. The molecule has 0 radical (unpaired) electrons. The fourth-order valence-corrected chi connectivity index (χ4v) is 4.17. The number of nitrogens with zero attached hydrogens (tertiary/aromatic N) is 2. The van der Waals surface area contributed by atoms with Crippen LogP contribution in [0.3, 0.4) is 0 Å². The predicted octanol–water partition coefficient (Wildman–Crippen LogP) is 5.11. The summed E-state index contributed by atoms with van der Waals surface area (Å²) < 4.78 is 0. The summed E-state index contributed by atoms with van der Waals surface area (Å²) in [5.74, 6) is 0.354. The van der Waals surface area contributed by atoms with Gasteiger partial charge in [-0.1, -0.05) is 49.4 Å². The largest absolute Gasteiger partial charge is 0.321 e. The monoisotopic (exact) mass is 426 g/mol. The zero-order valence-electron chi connectivity index (χ0n) is 16.3. The van der Waals surface area contributed by atoms with Gasteiger partial charge < -0.3 is 5.32 Å². The average molecular weight is 427 g/mol. The molecule has 1 aromatic heterocycles. The van der Waals surface area contributed by atoms with Crippen molar-refractivity contribution >= 4 is 45.7 Å². The van der Waals surface area contributed by atoms with Crippen LogP contribution in [0.2, 0.25) is 0 Å². The molecule has 8 heteroatoms. The van der Waals surface area contributed by atoms with Gasteiger partial charge in [0.15, 0.2) is 0 Å². The Balaban J connectivity index is 1.78. The van der Waals surface area contributed by atoms with Crippen LogP contribution < -0.4 is 10.6 Å². The Morgan fingerprint density at radius 1 is 0.931 bits per heavy atom. The molecule has 0 aliphatic heterocycles. The summed E-state index contributed by atoms with van der Waals surface area (Å²) in [5.41, 5.74) is 1.41. The molecule has 0 aliphatic carbocycles. The van der Waals surface area contributed by atoms with Gasteiger partial charge in [0.2, 0.25) is 5.13 Å². The van der Waals surface area contributed by atoms with E-state index in [1.807, 2.05) is 25.1 Å². The van der Waals surface area contributed by atoms with E-state index in [1.165, 1.54) is 11.3 Å². The van der Waals surface area contributed by atoms with Gasteiger partial charge in [-0.3, -0.25) is 14.9 Å². The number of hydrogen-bond acceptors (Lipinski definition) is 6. The second-order valence-corrected chi connectivity index (χ2v) is 8.35. The molecule has 3 aromatic rings. The van der Waals surface area contributed by atoms with Crippen LogP contribution in [0.4, 0.5) is 10.8 Å². The third kappa shape index (κ3) is 5.42. The van der Waals surface area contributed by atoms with E-state index in [1.54, 1.807) is 42.1 Å². The highest BCUT2D eigenvalue weighted by Crippen LogP contribution is 2.25. The Hall–Kier alpha value is -2.71. The van der Waals surface area contributed by atoms with Crippen molar-refractivity contribution < 1.29 is 9.59 Å². The lowest BCUT2D eigenvalue weighted by molar-refractivity contribution is 0.102. The number of thioether (sulfide) groups is 1. The van der Waals surface area contributed by atoms with E-state index in [0.717, 1.165) is 28.5 Å². The van der Waals surface area contributed by atoms with Crippen LogP contribution in [-0.2, 0) is 6.42 Å². The molecule has 6 nitrogen and oxygen atoms in total. The van der Waals surface area contributed by atoms with Crippen LogP contribution in [0, 0.1) is 0 Å². The first kappa shape index (κ1) is 21.0. The Kier molecular flexibility index (Phi) is 7.37. The molecule has 0 bridgehead atoms. The van der Waals surface area contributed by atoms with E-state index in [9.17, 15) is 9.59 Å². The molecule has 2 aromatic carbocycles. The van der Waals surface area contributed by atoms with Crippen LogP contribution in [-0.4, -0.2) is 27.8 Å². The number of anilines is 2. The summed E-state index contributed by atoms with van der Waals surface area (Å²) in [5, 5.41) is 14.9. The number of para-hydroxylation sites is 1. The van der Waals surface area contributed by atoms with Crippen LogP contribution in [0.25, 0.3) is 0 Å². The van der Waals surface area contributed by atoms with E-state index in [4.69, 9.17) is 0 Å². The van der Waals surface area contributed by atoms with Gasteiger partial charge in [0.25, 0.3) is 11.8 Å². The Labute approximate surface area is 178 Å². The van der Waals surface area contributed by atoms with Crippen molar-refractivity contribution in [2.45, 2.75) is 31.6 Å². The van der Waals surface area contributed by atoms with Crippen LogP contribution in [0.5, 0.6) is 0 Å². The average Bonchev–Trinajstić information content (AvgIpc) is 3.20. The Morgan fingerprint density at radius 2 is 1.62 bits per heavy atom. The lowest BCUT2D eigenvalue weighted by Crippen LogP contribution is -2.18. The zero-order chi connectivity index (χ0) is 20.6. The summed E-state index contributed by atoms with van der Waals surface area (Å²) in [6.45, 7) is 4.08. The highest BCUT2D eigenvalue weighted by atomic mass is 32.2. The number of rotatable bonds is 8. The molecule has 2 amide bonds. The first-order chi connectivity index (χ1) is 14.1. The highest BCUT2D eigenvalue weighted by Gasteiger charge is 2.17. The molecule has 1 heterocycles. The normalized spacial score (nSPS) is 10.6. The number of amides is 2. The van der Waals surface area contributed by atoms with Crippen molar-refractivity contribution in [2.24, 2.45) is 0 Å². The number of nitrogens with one attached hydrogen (secondary N) is 2. The molecule has 0 saturated carbocycles. The van der Waals surface area contributed by atoms with Gasteiger partial charge in [0.05, 0.1) is 16.8 Å². The lowest BCUT2D eigenvalue weighted by atomic mass is 10.1. The fourth-order valence-electron chi connectivity index (χ4n) is 2.58. The van der Waals surface area contributed by atoms with Gasteiger partial charge >= 0.3 is 0 Å². The van der Waals surface area contributed by atoms with Crippen molar-refractivity contribution in [1.82, 2.24) is 10.2 Å². The van der Waals surface area contributed by atoms with Gasteiger partial charge in [0.1, 0.15) is 5.01 Å². The second-order valence-electron chi connectivity index (χ2n) is 6.15. The molecule has 29 heavy (non-hydrogen) atoms. The van der Waals surface area contributed by atoms with E-state index in [2.05, 4.69) is 27.8 Å². The maximum absolute atomic E-state index is 12.9. The van der Waals surface area contributed by atoms with Gasteiger partial charge in [-0.25, -0.2) is 0 Å². The molecular weight excluding hydrogens is 404 g/mol. The SMILES string of the molecule is CCCSc1ccccc1C(=O)Nc1ccccc1C(=O)Nc1nnc(CC)s1. The molecule has 150 valence electrons. The van der Waals surface area contributed by atoms with Crippen molar-refractivity contribution in [3.63, 3.8) is 0 Å². The number of hydrogen-bond donors (Lipinski definition) is 2. The summed E-state index contributed by atoms with van der Waals surface area (Å²) in [6.07, 6.45) is 1.78. The minimum atomic E-state index is -0.339. The van der Waals surface area contributed by atoms with E-state index >= 15 is 0 Å². The maximum atomic E-state index is 12.9. The quantitative estimate of drug-likeness (QED) is 0.489. The first-order valence-electron chi connectivity index (χ1n) is 9.38. The second kappa shape index (κ2) is 10.2. The third-order valence-corrected chi connectivity index (χ3v) is 6.27. The van der Waals surface area contributed by atoms with Crippen LogP contribution in [0.1, 0.15) is 46.0 Å². The third-order valence-electron chi connectivity index (χ3n) is 4.00. The molecule has 3 rings (SSSR count). The van der Waals surface area contributed by atoms with Crippen molar-refractivity contribution in [2.75, 3.05) is 16.4 Å². The molecule has 0 aliphatic rings. The molecule has 0 atom stereocenters. The first-order valence-corrected chi connectivity index (χ1v) is 11.2. The summed E-state index contributed by atoms with van der Waals surface area (Å²) in [4.78, 5) is 26.6.